The van der Waals surface area contributed by atoms with E-state index < -0.39 is 0 Å². The number of H-pyrrole nitrogens is 1. The van der Waals surface area contributed by atoms with Crippen LogP contribution in [0.1, 0.15) is 49.0 Å². The van der Waals surface area contributed by atoms with Crippen molar-refractivity contribution in [1.29, 1.82) is 0 Å². The molecule has 142 valence electrons. The van der Waals surface area contributed by atoms with Gasteiger partial charge in [-0.3, -0.25) is 9.36 Å². The molecule has 1 saturated heterocycles. The van der Waals surface area contributed by atoms with E-state index in [9.17, 15) is 9.59 Å². The number of carbonyl (C=O) groups is 1. The number of hydrogen-bond donors (Lipinski definition) is 1. The number of aromatic nitrogens is 3. The van der Waals surface area contributed by atoms with E-state index in [0.29, 0.717) is 24.8 Å². The van der Waals surface area contributed by atoms with E-state index in [1.165, 1.54) is 0 Å². The zero-order chi connectivity index (χ0) is 19.0. The van der Waals surface area contributed by atoms with Crippen LogP contribution in [0.2, 0.25) is 0 Å². The SMILES string of the molecule is CC(C)Cc1cc(C(=O)N2CCC(n3c(=O)[nH]c4ccccc43)CC2)on1. The van der Waals surface area contributed by atoms with Crippen LogP contribution in [0, 0.1) is 5.92 Å². The maximum absolute atomic E-state index is 12.7. The quantitative estimate of drug-likeness (QED) is 0.767. The van der Waals surface area contributed by atoms with Crippen molar-refractivity contribution in [3.05, 3.63) is 52.3 Å². The Hall–Kier alpha value is -2.83. The van der Waals surface area contributed by atoms with Crippen molar-refractivity contribution in [2.24, 2.45) is 5.92 Å². The summed E-state index contributed by atoms with van der Waals surface area (Å²) < 4.78 is 7.08. The fraction of sp³-hybridized carbons (Fsp3) is 0.450. The number of para-hydroxylation sites is 2. The number of nitrogens with zero attached hydrogens (tertiary/aromatic N) is 3. The molecule has 1 aromatic carbocycles. The Morgan fingerprint density at radius 2 is 2.04 bits per heavy atom. The number of carbonyl (C=O) groups excluding carboxylic acids is 1. The molecule has 0 radical (unpaired) electrons. The Labute approximate surface area is 157 Å². The summed E-state index contributed by atoms with van der Waals surface area (Å²) in [7, 11) is 0. The fourth-order valence-electron chi connectivity index (χ4n) is 3.85. The minimum absolute atomic E-state index is 0.0870. The minimum Gasteiger partial charge on any atom is -0.351 e. The molecule has 1 N–H and O–H groups in total. The van der Waals surface area contributed by atoms with E-state index in [4.69, 9.17) is 4.52 Å². The molecule has 0 bridgehead atoms. The lowest BCUT2D eigenvalue weighted by Crippen LogP contribution is -2.40. The topological polar surface area (TPSA) is 84.1 Å². The molecule has 0 saturated carbocycles. The van der Waals surface area contributed by atoms with Crippen LogP contribution < -0.4 is 5.69 Å². The minimum atomic E-state index is -0.123. The van der Waals surface area contributed by atoms with Crippen LogP contribution in [-0.4, -0.2) is 38.6 Å². The lowest BCUT2D eigenvalue weighted by molar-refractivity contribution is 0.0653. The van der Waals surface area contributed by atoms with Crippen molar-refractivity contribution in [1.82, 2.24) is 19.6 Å². The second-order valence-corrected chi connectivity index (χ2v) is 7.62. The van der Waals surface area contributed by atoms with Gasteiger partial charge in [0, 0.05) is 25.2 Å². The molecule has 7 nitrogen and oxygen atoms in total. The summed E-state index contributed by atoms with van der Waals surface area (Å²) in [4.78, 5) is 29.8. The van der Waals surface area contributed by atoms with Gasteiger partial charge in [0.2, 0.25) is 5.76 Å². The van der Waals surface area contributed by atoms with Crippen LogP contribution in [-0.2, 0) is 6.42 Å². The first-order chi connectivity index (χ1) is 13.0. The molecule has 0 atom stereocenters. The van der Waals surface area contributed by atoms with Gasteiger partial charge in [-0.2, -0.15) is 0 Å². The van der Waals surface area contributed by atoms with Crippen molar-refractivity contribution in [2.75, 3.05) is 13.1 Å². The van der Waals surface area contributed by atoms with Gasteiger partial charge in [-0.1, -0.05) is 31.1 Å². The van der Waals surface area contributed by atoms with E-state index in [2.05, 4.69) is 24.0 Å². The standard InChI is InChI=1S/C20H24N4O3/c1-13(2)11-14-12-18(27-22-14)19(25)23-9-7-15(8-10-23)24-17-6-4-3-5-16(17)21-20(24)26/h3-6,12-13,15H,7-11H2,1-2H3,(H,21,26). The van der Waals surface area contributed by atoms with Crippen LogP contribution >= 0.6 is 0 Å². The van der Waals surface area contributed by atoms with Crippen molar-refractivity contribution >= 4 is 16.9 Å². The number of benzene rings is 1. The summed E-state index contributed by atoms with van der Waals surface area (Å²) in [5.41, 5.74) is 2.49. The van der Waals surface area contributed by atoms with E-state index in [0.717, 1.165) is 36.0 Å². The Balaban J connectivity index is 1.45. The predicted molar refractivity (Wildman–Crippen MR) is 102 cm³/mol. The van der Waals surface area contributed by atoms with Crippen LogP contribution in [0.5, 0.6) is 0 Å². The summed E-state index contributed by atoms with van der Waals surface area (Å²) >= 11 is 0. The smallest absolute Gasteiger partial charge is 0.326 e. The van der Waals surface area contributed by atoms with Gasteiger partial charge in [0.1, 0.15) is 0 Å². The Morgan fingerprint density at radius 3 is 2.78 bits per heavy atom. The first kappa shape index (κ1) is 17.6. The summed E-state index contributed by atoms with van der Waals surface area (Å²) in [6.07, 6.45) is 2.27. The van der Waals surface area contributed by atoms with Gasteiger partial charge in [0.25, 0.3) is 5.91 Å². The lowest BCUT2D eigenvalue weighted by atomic mass is 10.0. The molecule has 3 aromatic rings. The number of hydrogen-bond acceptors (Lipinski definition) is 4. The van der Waals surface area contributed by atoms with Gasteiger partial charge >= 0.3 is 5.69 Å². The zero-order valence-electron chi connectivity index (χ0n) is 15.6. The van der Waals surface area contributed by atoms with Crippen LogP contribution in [0.3, 0.4) is 0 Å². The average molecular weight is 368 g/mol. The molecule has 1 fully saturated rings. The third-order valence-corrected chi connectivity index (χ3v) is 5.13. The highest BCUT2D eigenvalue weighted by Gasteiger charge is 2.28. The molecule has 0 unspecified atom stereocenters. The number of aromatic amines is 1. The maximum atomic E-state index is 12.7. The highest BCUT2D eigenvalue weighted by Crippen LogP contribution is 2.25. The van der Waals surface area contributed by atoms with Gasteiger partial charge in [-0.15, -0.1) is 0 Å². The van der Waals surface area contributed by atoms with Crippen LogP contribution in [0.15, 0.2) is 39.6 Å². The highest BCUT2D eigenvalue weighted by atomic mass is 16.5. The predicted octanol–water partition coefficient (Wildman–Crippen LogP) is 2.99. The molecule has 4 rings (SSSR count). The largest absolute Gasteiger partial charge is 0.351 e. The van der Waals surface area contributed by atoms with Gasteiger partial charge in [-0.25, -0.2) is 4.79 Å². The summed E-state index contributed by atoms with van der Waals surface area (Å²) in [5, 5.41) is 4.00. The first-order valence-corrected chi connectivity index (χ1v) is 9.47. The number of rotatable bonds is 4. The van der Waals surface area contributed by atoms with Crippen LogP contribution in [0.25, 0.3) is 11.0 Å². The summed E-state index contributed by atoms with van der Waals surface area (Å²) in [6.45, 7) is 5.40. The third kappa shape index (κ3) is 3.41. The van der Waals surface area contributed by atoms with E-state index in [1.807, 2.05) is 28.8 Å². The Bertz CT molecular complexity index is 1010. The molecule has 1 aliphatic heterocycles. The molecule has 27 heavy (non-hydrogen) atoms. The number of likely N-dealkylation sites (tertiary alicyclic amines) is 1. The second kappa shape index (κ2) is 7.06. The molecule has 0 spiro atoms. The van der Waals surface area contributed by atoms with E-state index >= 15 is 0 Å². The third-order valence-electron chi connectivity index (χ3n) is 5.13. The van der Waals surface area contributed by atoms with Crippen molar-refractivity contribution in [3.8, 4) is 0 Å². The van der Waals surface area contributed by atoms with Crippen molar-refractivity contribution in [3.63, 3.8) is 0 Å². The number of imidazole rings is 1. The van der Waals surface area contributed by atoms with Crippen molar-refractivity contribution < 1.29 is 9.32 Å². The van der Waals surface area contributed by atoms with E-state index in [1.54, 1.807) is 11.0 Å². The van der Waals surface area contributed by atoms with Gasteiger partial charge in [-0.05, 0) is 37.3 Å². The molecule has 2 aromatic heterocycles. The summed E-state index contributed by atoms with van der Waals surface area (Å²) in [5.74, 6) is 0.638. The summed E-state index contributed by atoms with van der Waals surface area (Å²) in [6, 6.07) is 9.54. The highest BCUT2D eigenvalue weighted by molar-refractivity contribution is 5.91. The molecular formula is C20H24N4O3. The molecule has 1 amide bonds. The molecule has 1 aliphatic rings. The number of piperidine rings is 1. The Morgan fingerprint density at radius 1 is 1.30 bits per heavy atom. The average Bonchev–Trinajstić information content (AvgIpc) is 3.24. The van der Waals surface area contributed by atoms with E-state index in [-0.39, 0.29) is 17.6 Å². The normalized spacial score (nSPS) is 15.7. The number of fused-ring (bicyclic) bond motifs is 1. The first-order valence-electron chi connectivity index (χ1n) is 9.47. The maximum Gasteiger partial charge on any atom is 0.326 e. The monoisotopic (exact) mass is 368 g/mol. The second-order valence-electron chi connectivity index (χ2n) is 7.62. The van der Waals surface area contributed by atoms with Crippen molar-refractivity contribution in [2.45, 2.75) is 39.2 Å². The molecular weight excluding hydrogens is 344 g/mol. The number of nitrogens with one attached hydrogen (secondary N) is 1. The van der Waals surface area contributed by atoms with Gasteiger partial charge in [0.05, 0.1) is 16.7 Å². The molecule has 7 heteroatoms. The Kier molecular flexibility index (Phi) is 4.59. The molecule has 3 heterocycles. The zero-order valence-corrected chi connectivity index (χ0v) is 15.6. The van der Waals surface area contributed by atoms with Gasteiger partial charge < -0.3 is 14.4 Å². The fourth-order valence-corrected chi connectivity index (χ4v) is 3.85. The lowest BCUT2D eigenvalue weighted by Gasteiger charge is -2.31. The molecule has 0 aliphatic carbocycles. The number of amides is 1. The van der Waals surface area contributed by atoms with Gasteiger partial charge in [0.15, 0.2) is 0 Å². The van der Waals surface area contributed by atoms with Crippen LogP contribution in [0.4, 0.5) is 0 Å².